The monoisotopic (exact) mass is 181 g/mol. The fraction of sp³-hybridized carbons (Fsp3) is 0.154. The van der Waals surface area contributed by atoms with Gasteiger partial charge in [0.1, 0.15) is 0 Å². The minimum atomic E-state index is 1.04. The molecular weight excluding hydrogens is 170 g/mol. The van der Waals surface area contributed by atoms with Gasteiger partial charge in [0.05, 0.1) is 5.69 Å². The van der Waals surface area contributed by atoms with Crippen LogP contribution in [-0.2, 0) is 6.42 Å². The molecule has 1 aliphatic rings. The van der Waals surface area contributed by atoms with E-state index in [1.807, 2.05) is 6.20 Å². The van der Waals surface area contributed by atoms with Crippen molar-refractivity contribution in [1.82, 2.24) is 4.98 Å². The van der Waals surface area contributed by atoms with Gasteiger partial charge in [-0.3, -0.25) is 4.98 Å². The molecule has 0 saturated carbocycles. The van der Waals surface area contributed by atoms with Crippen LogP contribution in [0.15, 0.2) is 36.5 Å². The molecule has 0 N–H and O–H groups in total. The van der Waals surface area contributed by atoms with E-state index in [4.69, 9.17) is 0 Å². The molecule has 0 spiro atoms. The molecule has 0 unspecified atom stereocenters. The second-order valence-corrected chi connectivity index (χ2v) is 3.85. The average molecular weight is 181 g/mol. The molecule has 14 heavy (non-hydrogen) atoms. The number of hydrogen-bond acceptors (Lipinski definition) is 1. The highest BCUT2D eigenvalue weighted by Crippen LogP contribution is 2.34. The zero-order valence-corrected chi connectivity index (χ0v) is 8.12. The highest BCUT2D eigenvalue weighted by atomic mass is 14.7. The highest BCUT2D eigenvalue weighted by Gasteiger charge is 2.18. The average Bonchev–Trinajstić information content (AvgIpc) is 2.54. The van der Waals surface area contributed by atoms with Crippen LogP contribution < -0.4 is 0 Å². The van der Waals surface area contributed by atoms with Gasteiger partial charge in [-0.15, -0.1) is 0 Å². The Balaban J connectivity index is 2.27. The lowest BCUT2D eigenvalue weighted by molar-refractivity contribution is 1.20. The number of fused-ring (bicyclic) bond motifs is 3. The van der Waals surface area contributed by atoms with Crippen LogP contribution in [0.3, 0.4) is 0 Å². The minimum absolute atomic E-state index is 1.04. The van der Waals surface area contributed by atoms with Gasteiger partial charge < -0.3 is 0 Å². The standard InChI is InChI=1S/C13H11N/c1-9-6-11-7-10-4-2-3-5-12(10)13(11)14-8-9/h2-6,8H,7H2,1H3. The zero-order chi connectivity index (χ0) is 9.54. The Labute approximate surface area is 83.4 Å². The van der Waals surface area contributed by atoms with Crippen molar-refractivity contribution in [2.24, 2.45) is 0 Å². The van der Waals surface area contributed by atoms with Crippen LogP contribution in [0.5, 0.6) is 0 Å². The van der Waals surface area contributed by atoms with Crippen molar-refractivity contribution in [2.75, 3.05) is 0 Å². The van der Waals surface area contributed by atoms with E-state index in [1.165, 1.54) is 27.9 Å². The summed E-state index contributed by atoms with van der Waals surface area (Å²) in [4.78, 5) is 4.50. The molecular formula is C13H11N. The first-order valence-electron chi connectivity index (χ1n) is 4.88. The van der Waals surface area contributed by atoms with Crippen LogP contribution in [0.2, 0.25) is 0 Å². The van der Waals surface area contributed by atoms with Crippen molar-refractivity contribution in [3.05, 3.63) is 53.2 Å². The third kappa shape index (κ3) is 0.987. The molecule has 0 saturated heterocycles. The second-order valence-electron chi connectivity index (χ2n) is 3.85. The smallest absolute Gasteiger partial charge is 0.0740 e. The fourth-order valence-corrected chi connectivity index (χ4v) is 2.12. The molecule has 1 aliphatic carbocycles. The summed E-state index contributed by atoms with van der Waals surface area (Å²) in [6.45, 7) is 2.09. The third-order valence-corrected chi connectivity index (χ3v) is 2.76. The van der Waals surface area contributed by atoms with Crippen LogP contribution in [0.25, 0.3) is 11.3 Å². The predicted molar refractivity (Wildman–Crippen MR) is 57.2 cm³/mol. The van der Waals surface area contributed by atoms with E-state index >= 15 is 0 Å². The van der Waals surface area contributed by atoms with E-state index in [0.717, 1.165) is 6.42 Å². The lowest BCUT2D eigenvalue weighted by atomic mass is 10.1. The van der Waals surface area contributed by atoms with E-state index in [-0.39, 0.29) is 0 Å². The molecule has 68 valence electrons. The fourth-order valence-electron chi connectivity index (χ4n) is 2.12. The maximum absolute atomic E-state index is 4.50. The lowest BCUT2D eigenvalue weighted by Crippen LogP contribution is -1.85. The number of benzene rings is 1. The topological polar surface area (TPSA) is 12.9 Å². The summed E-state index contributed by atoms with van der Waals surface area (Å²) < 4.78 is 0. The van der Waals surface area contributed by atoms with Crippen molar-refractivity contribution in [2.45, 2.75) is 13.3 Å². The molecule has 0 aliphatic heterocycles. The number of rotatable bonds is 0. The van der Waals surface area contributed by atoms with E-state index in [0.29, 0.717) is 0 Å². The third-order valence-electron chi connectivity index (χ3n) is 2.76. The Hall–Kier alpha value is -1.63. The number of nitrogens with zero attached hydrogens (tertiary/aromatic N) is 1. The molecule has 1 aromatic carbocycles. The van der Waals surface area contributed by atoms with Crippen molar-refractivity contribution >= 4 is 0 Å². The number of aromatic nitrogens is 1. The largest absolute Gasteiger partial charge is 0.256 e. The van der Waals surface area contributed by atoms with Crippen LogP contribution in [0.4, 0.5) is 0 Å². The van der Waals surface area contributed by atoms with Gasteiger partial charge in [-0.1, -0.05) is 30.3 Å². The lowest BCUT2D eigenvalue weighted by Gasteiger charge is -1.99. The Morgan fingerprint density at radius 3 is 2.93 bits per heavy atom. The van der Waals surface area contributed by atoms with Crippen molar-refractivity contribution in [1.29, 1.82) is 0 Å². The molecule has 1 heteroatoms. The first-order chi connectivity index (χ1) is 6.84. The Morgan fingerprint density at radius 2 is 2.00 bits per heavy atom. The summed E-state index contributed by atoms with van der Waals surface area (Å²) in [7, 11) is 0. The van der Waals surface area contributed by atoms with Gasteiger partial charge in [-0.2, -0.15) is 0 Å². The van der Waals surface area contributed by atoms with Crippen molar-refractivity contribution < 1.29 is 0 Å². The van der Waals surface area contributed by atoms with E-state index in [9.17, 15) is 0 Å². The van der Waals surface area contributed by atoms with Gasteiger partial charge in [0.25, 0.3) is 0 Å². The van der Waals surface area contributed by atoms with E-state index < -0.39 is 0 Å². The van der Waals surface area contributed by atoms with Crippen molar-refractivity contribution in [3.63, 3.8) is 0 Å². The van der Waals surface area contributed by atoms with Gasteiger partial charge in [0, 0.05) is 18.2 Å². The summed E-state index contributed by atoms with van der Waals surface area (Å²) in [5.74, 6) is 0. The van der Waals surface area contributed by atoms with Gasteiger partial charge in [0.2, 0.25) is 0 Å². The summed E-state index contributed by atoms with van der Waals surface area (Å²) in [5.41, 5.74) is 6.50. The molecule has 0 bridgehead atoms. The Morgan fingerprint density at radius 1 is 1.14 bits per heavy atom. The van der Waals surface area contributed by atoms with Gasteiger partial charge >= 0.3 is 0 Å². The summed E-state index contributed by atoms with van der Waals surface area (Å²) in [6, 6.07) is 10.8. The molecule has 1 heterocycles. The van der Waals surface area contributed by atoms with Crippen LogP contribution in [0.1, 0.15) is 16.7 Å². The van der Waals surface area contributed by atoms with Gasteiger partial charge in [-0.05, 0) is 23.6 Å². The summed E-state index contributed by atoms with van der Waals surface area (Å²) in [5, 5.41) is 0. The predicted octanol–water partition coefficient (Wildman–Crippen LogP) is 2.96. The first-order valence-corrected chi connectivity index (χ1v) is 4.88. The Kier molecular flexibility index (Phi) is 1.48. The molecule has 1 aromatic heterocycles. The molecule has 2 aromatic rings. The molecule has 0 radical (unpaired) electrons. The van der Waals surface area contributed by atoms with Crippen LogP contribution in [-0.4, -0.2) is 4.98 Å². The zero-order valence-electron chi connectivity index (χ0n) is 8.12. The van der Waals surface area contributed by atoms with Crippen LogP contribution >= 0.6 is 0 Å². The first kappa shape index (κ1) is 7.74. The number of pyridine rings is 1. The maximum atomic E-state index is 4.50. The SMILES string of the molecule is Cc1cnc2c(c1)Cc1ccccc1-2. The summed E-state index contributed by atoms with van der Waals surface area (Å²) >= 11 is 0. The van der Waals surface area contributed by atoms with Gasteiger partial charge in [0.15, 0.2) is 0 Å². The summed E-state index contributed by atoms with van der Waals surface area (Å²) in [6.07, 6.45) is 2.99. The van der Waals surface area contributed by atoms with Crippen molar-refractivity contribution in [3.8, 4) is 11.3 Å². The highest BCUT2D eigenvalue weighted by molar-refractivity contribution is 5.73. The van der Waals surface area contributed by atoms with E-state index in [1.54, 1.807) is 0 Å². The minimum Gasteiger partial charge on any atom is -0.256 e. The number of aryl methyl sites for hydroxylation is 1. The molecule has 0 amide bonds. The second kappa shape index (κ2) is 2.68. The van der Waals surface area contributed by atoms with Gasteiger partial charge in [-0.25, -0.2) is 0 Å². The molecule has 3 rings (SSSR count). The molecule has 1 nitrogen and oxygen atoms in total. The van der Waals surface area contributed by atoms with Crippen LogP contribution in [0, 0.1) is 6.92 Å². The number of hydrogen-bond donors (Lipinski definition) is 0. The van der Waals surface area contributed by atoms with E-state index in [2.05, 4.69) is 42.2 Å². The maximum Gasteiger partial charge on any atom is 0.0740 e. The molecule has 0 fully saturated rings. The Bertz CT molecular complexity index is 500. The molecule has 0 atom stereocenters. The normalized spacial score (nSPS) is 12.4. The quantitative estimate of drug-likeness (QED) is 0.519.